The molecule has 3 aromatic carbocycles. The van der Waals surface area contributed by atoms with Crippen molar-refractivity contribution in [3.63, 3.8) is 0 Å². The lowest BCUT2D eigenvalue weighted by Crippen LogP contribution is -2.29. The summed E-state index contributed by atoms with van der Waals surface area (Å²) in [5, 5.41) is 11.6. The minimum Gasteiger partial charge on any atom is -0.507 e. The molecule has 1 fully saturated rings. The molecular formula is C28H21FN2O6S. The molecule has 3 heterocycles. The lowest BCUT2D eigenvalue weighted by Gasteiger charge is -2.23. The zero-order valence-corrected chi connectivity index (χ0v) is 21.0. The Hall–Kier alpha value is -4.44. The van der Waals surface area contributed by atoms with Crippen molar-refractivity contribution < 1.29 is 33.3 Å². The Morgan fingerprint density at radius 1 is 1.11 bits per heavy atom. The van der Waals surface area contributed by atoms with Gasteiger partial charge in [0.1, 0.15) is 36.6 Å². The highest BCUT2D eigenvalue weighted by atomic mass is 32.1. The molecule has 192 valence electrons. The van der Waals surface area contributed by atoms with E-state index in [0.717, 1.165) is 9.60 Å². The summed E-state index contributed by atoms with van der Waals surface area (Å²) in [4.78, 5) is 32.6. The number of nitrogens with zero attached hydrogens (tertiary/aromatic N) is 2. The zero-order chi connectivity index (χ0) is 26.4. The van der Waals surface area contributed by atoms with Gasteiger partial charge in [-0.25, -0.2) is 9.37 Å². The lowest BCUT2D eigenvalue weighted by atomic mass is 9.95. The van der Waals surface area contributed by atoms with Crippen LogP contribution >= 0.6 is 11.3 Å². The fourth-order valence-corrected chi connectivity index (χ4v) is 5.64. The maximum Gasteiger partial charge on any atom is 0.301 e. The van der Waals surface area contributed by atoms with Crippen LogP contribution in [0.5, 0.6) is 17.2 Å². The van der Waals surface area contributed by atoms with Crippen LogP contribution in [0.15, 0.2) is 66.2 Å². The van der Waals surface area contributed by atoms with Gasteiger partial charge >= 0.3 is 5.91 Å². The average Bonchev–Trinajstić information content (AvgIpc) is 3.46. The van der Waals surface area contributed by atoms with Crippen molar-refractivity contribution in [3.8, 4) is 17.2 Å². The Labute approximate surface area is 220 Å². The molecule has 1 aromatic heterocycles. The van der Waals surface area contributed by atoms with Crippen LogP contribution in [-0.4, -0.2) is 41.6 Å². The molecule has 0 aliphatic carbocycles. The van der Waals surface area contributed by atoms with Crippen LogP contribution in [0.4, 0.5) is 9.52 Å². The number of aromatic nitrogens is 1. The summed E-state index contributed by atoms with van der Waals surface area (Å²) < 4.78 is 32.6. The number of rotatable bonds is 5. The van der Waals surface area contributed by atoms with Crippen molar-refractivity contribution in [2.24, 2.45) is 0 Å². The number of aliphatic hydroxyl groups excluding tert-OH is 1. The predicted octanol–water partition coefficient (Wildman–Crippen LogP) is 5.23. The number of aliphatic hydroxyl groups is 1. The van der Waals surface area contributed by atoms with Crippen molar-refractivity contribution in [1.82, 2.24) is 4.98 Å². The molecule has 1 atom stereocenters. The first-order chi connectivity index (χ1) is 18.5. The number of carbonyl (C=O) groups excluding carboxylic acids is 2. The first-order valence-electron chi connectivity index (χ1n) is 11.9. The molecule has 1 N–H and O–H groups in total. The number of hydrogen-bond acceptors (Lipinski definition) is 8. The van der Waals surface area contributed by atoms with E-state index in [0.29, 0.717) is 42.6 Å². The number of Topliss-reactive ketones (excluding diaryl/α,β-unsaturated/α-hetero) is 1. The molecule has 1 saturated heterocycles. The molecule has 0 spiro atoms. The van der Waals surface area contributed by atoms with Gasteiger partial charge in [-0.2, -0.15) is 0 Å². The summed E-state index contributed by atoms with van der Waals surface area (Å²) in [7, 11) is 0. The second kappa shape index (κ2) is 9.46. The Bertz CT molecular complexity index is 1630. The molecule has 0 saturated carbocycles. The molecular weight excluding hydrogens is 511 g/mol. The van der Waals surface area contributed by atoms with E-state index in [1.807, 2.05) is 6.92 Å². The Balaban J connectivity index is 1.52. The first-order valence-corrected chi connectivity index (χ1v) is 12.8. The third kappa shape index (κ3) is 3.93. The van der Waals surface area contributed by atoms with Crippen molar-refractivity contribution in [3.05, 3.63) is 83.2 Å². The number of fused-ring (bicyclic) bond motifs is 2. The number of halogens is 1. The highest BCUT2D eigenvalue weighted by Gasteiger charge is 2.49. The molecule has 4 aromatic rings. The van der Waals surface area contributed by atoms with Crippen LogP contribution in [0.3, 0.4) is 0 Å². The van der Waals surface area contributed by atoms with Crippen molar-refractivity contribution in [2.45, 2.75) is 13.0 Å². The smallest absolute Gasteiger partial charge is 0.301 e. The van der Waals surface area contributed by atoms with Crippen molar-refractivity contribution >= 4 is 44.1 Å². The summed E-state index contributed by atoms with van der Waals surface area (Å²) in [5.41, 5.74) is 0.639. The van der Waals surface area contributed by atoms with Crippen LogP contribution in [0.25, 0.3) is 16.0 Å². The van der Waals surface area contributed by atoms with Gasteiger partial charge in [-0.3, -0.25) is 14.5 Å². The molecule has 6 rings (SSSR count). The van der Waals surface area contributed by atoms with Gasteiger partial charge in [-0.15, -0.1) is 0 Å². The van der Waals surface area contributed by atoms with Crippen LogP contribution in [0, 0.1) is 5.82 Å². The van der Waals surface area contributed by atoms with E-state index >= 15 is 4.39 Å². The Kier molecular flexibility index (Phi) is 5.96. The van der Waals surface area contributed by atoms with Gasteiger partial charge in [0.25, 0.3) is 5.78 Å². The third-order valence-corrected chi connectivity index (χ3v) is 7.34. The highest BCUT2D eigenvalue weighted by molar-refractivity contribution is 7.22. The summed E-state index contributed by atoms with van der Waals surface area (Å²) in [6.45, 7) is 3.08. The number of carbonyl (C=O) groups is 2. The van der Waals surface area contributed by atoms with E-state index in [4.69, 9.17) is 14.2 Å². The van der Waals surface area contributed by atoms with Crippen LogP contribution < -0.4 is 19.1 Å². The molecule has 10 heteroatoms. The molecule has 0 bridgehead atoms. The number of amides is 1. The van der Waals surface area contributed by atoms with Gasteiger partial charge in [0, 0.05) is 11.1 Å². The van der Waals surface area contributed by atoms with Crippen molar-refractivity contribution in [1.29, 1.82) is 0 Å². The quantitative estimate of drug-likeness (QED) is 0.213. The minimum atomic E-state index is -1.24. The fourth-order valence-electron chi connectivity index (χ4n) is 4.62. The van der Waals surface area contributed by atoms with Gasteiger partial charge in [0.2, 0.25) is 0 Å². The first kappa shape index (κ1) is 23.9. The highest BCUT2D eigenvalue weighted by Crippen LogP contribution is 2.45. The molecule has 2 aliphatic heterocycles. The number of ether oxygens (including phenoxy) is 3. The van der Waals surface area contributed by atoms with Gasteiger partial charge in [-0.1, -0.05) is 29.5 Å². The number of benzene rings is 3. The zero-order valence-electron chi connectivity index (χ0n) is 20.1. The SMILES string of the molecule is CCOc1ccc2nc(N3C(=O)C(=O)/C(=C(/O)c4ccc5c(c4)OCCO5)[C@@H]3c3ccccc3F)sc2c1. The minimum absolute atomic E-state index is 0.0556. The summed E-state index contributed by atoms with van der Waals surface area (Å²) in [6, 6.07) is 14.6. The van der Waals surface area contributed by atoms with Crippen molar-refractivity contribution in [2.75, 3.05) is 24.7 Å². The number of thiazole rings is 1. The summed E-state index contributed by atoms with van der Waals surface area (Å²) >= 11 is 1.17. The molecule has 0 radical (unpaired) electrons. The maximum absolute atomic E-state index is 15.2. The maximum atomic E-state index is 15.2. The standard InChI is InChI=1S/C28H21FN2O6S/c1-2-35-16-8-9-19-22(14-16)38-28(30-19)31-24(17-5-3-4-6-18(17)29)23(26(33)27(31)34)25(32)15-7-10-20-21(13-15)37-12-11-36-20/h3-10,13-14,24,32H,2,11-12H2,1H3/b25-23+/t24-/m0/s1. The van der Waals surface area contributed by atoms with Gasteiger partial charge in [0.05, 0.1) is 22.4 Å². The average molecular weight is 533 g/mol. The van der Waals surface area contributed by atoms with Gasteiger partial charge in [-0.05, 0) is 49.4 Å². The molecule has 1 amide bonds. The normalized spacial score (nSPS) is 18.3. The Morgan fingerprint density at radius 2 is 1.89 bits per heavy atom. The predicted molar refractivity (Wildman–Crippen MR) is 139 cm³/mol. The molecule has 2 aliphatic rings. The lowest BCUT2D eigenvalue weighted by molar-refractivity contribution is -0.132. The number of hydrogen-bond donors (Lipinski definition) is 1. The summed E-state index contributed by atoms with van der Waals surface area (Å²) in [5.74, 6) is -1.40. The number of anilines is 1. The molecule has 0 unspecified atom stereocenters. The molecule has 8 nitrogen and oxygen atoms in total. The summed E-state index contributed by atoms with van der Waals surface area (Å²) in [6.07, 6.45) is 0. The van der Waals surface area contributed by atoms with E-state index in [1.54, 1.807) is 36.4 Å². The van der Waals surface area contributed by atoms with E-state index in [1.165, 1.54) is 35.6 Å². The fraction of sp³-hybridized carbons (Fsp3) is 0.179. The monoisotopic (exact) mass is 532 g/mol. The second-order valence-electron chi connectivity index (χ2n) is 8.61. The third-order valence-electron chi connectivity index (χ3n) is 6.33. The van der Waals surface area contributed by atoms with E-state index in [-0.39, 0.29) is 21.8 Å². The largest absolute Gasteiger partial charge is 0.507 e. The van der Waals surface area contributed by atoms with Crippen LogP contribution in [0.2, 0.25) is 0 Å². The van der Waals surface area contributed by atoms with Gasteiger partial charge < -0.3 is 19.3 Å². The topological polar surface area (TPSA) is 98.2 Å². The molecule has 38 heavy (non-hydrogen) atoms. The van der Waals surface area contributed by atoms with Gasteiger partial charge in [0.15, 0.2) is 16.6 Å². The van der Waals surface area contributed by atoms with E-state index in [9.17, 15) is 14.7 Å². The van der Waals surface area contributed by atoms with E-state index in [2.05, 4.69) is 4.98 Å². The van der Waals surface area contributed by atoms with Crippen LogP contribution in [0.1, 0.15) is 24.1 Å². The second-order valence-corrected chi connectivity index (χ2v) is 9.62. The van der Waals surface area contributed by atoms with E-state index < -0.39 is 29.3 Å². The Morgan fingerprint density at radius 3 is 2.68 bits per heavy atom. The number of ketones is 1. The van der Waals surface area contributed by atoms with Crippen LogP contribution in [-0.2, 0) is 9.59 Å².